The minimum absolute atomic E-state index is 0.0437. The Bertz CT molecular complexity index is 401. The number of primary sulfonamides is 1. The summed E-state index contributed by atoms with van der Waals surface area (Å²) in [5.74, 6) is 0.520. The summed E-state index contributed by atoms with van der Waals surface area (Å²) >= 11 is 0. The monoisotopic (exact) mass is 304 g/mol. The first-order chi connectivity index (χ1) is 9.37. The van der Waals surface area contributed by atoms with Gasteiger partial charge in [-0.15, -0.1) is 0 Å². The van der Waals surface area contributed by atoms with Crippen LogP contribution in [-0.4, -0.2) is 38.1 Å². The van der Waals surface area contributed by atoms with Crippen molar-refractivity contribution in [1.82, 2.24) is 4.90 Å². The van der Waals surface area contributed by atoms with E-state index in [-0.39, 0.29) is 23.5 Å². The van der Waals surface area contributed by atoms with Crippen LogP contribution in [0.25, 0.3) is 0 Å². The average molecular weight is 304 g/mol. The number of hydrogen-bond donors (Lipinski definition) is 1. The molecule has 6 heteroatoms. The third-order valence-corrected chi connectivity index (χ3v) is 5.08. The molecule has 0 radical (unpaired) electrons. The number of hydrogen-bond acceptors (Lipinski definition) is 3. The maximum atomic E-state index is 12.4. The molecule has 118 valence electrons. The number of nitrogens with zero attached hydrogens (tertiary/aromatic N) is 1. The molecule has 1 atom stereocenters. The maximum Gasteiger partial charge on any atom is 0.225 e. The third-order valence-electron chi connectivity index (χ3n) is 4.14. The quantitative estimate of drug-likeness (QED) is 0.777. The predicted molar refractivity (Wildman–Crippen MR) is 80.6 cm³/mol. The fourth-order valence-electron chi connectivity index (χ4n) is 2.86. The van der Waals surface area contributed by atoms with Crippen LogP contribution in [0.3, 0.4) is 0 Å². The molecule has 0 aliphatic carbocycles. The van der Waals surface area contributed by atoms with Crippen LogP contribution in [0.4, 0.5) is 0 Å². The van der Waals surface area contributed by atoms with Crippen molar-refractivity contribution in [1.29, 1.82) is 0 Å². The van der Waals surface area contributed by atoms with Gasteiger partial charge in [-0.2, -0.15) is 0 Å². The molecule has 1 rings (SSSR count). The number of amides is 1. The lowest BCUT2D eigenvalue weighted by Gasteiger charge is -2.33. The van der Waals surface area contributed by atoms with E-state index in [1.165, 1.54) is 0 Å². The van der Waals surface area contributed by atoms with Gasteiger partial charge < -0.3 is 4.90 Å². The first kappa shape index (κ1) is 17.4. The van der Waals surface area contributed by atoms with Crippen LogP contribution < -0.4 is 5.14 Å². The molecule has 5 nitrogen and oxygen atoms in total. The molecule has 0 aromatic rings. The summed E-state index contributed by atoms with van der Waals surface area (Å²) in [5.41, 5.74) is 0. The van der Waals surface area contributed by atoms with Crippen molar-refractivity contribution in [3.05, 3.63) is 0 Å². The highest BCUT2D eigenvalue weighted by atomic mass is 32.2. The molecule has 0 aromatic carbocycles. The maximum absolute atomic E-state index is 12.4. The molecule has 1 fully saturated rings. The van der Waals surface area contributed by atoms with Crippen molar-refractivity contribution in [2.24, 2.45) is 17.0 Å². The zero-order chi connectivity index (χ0) is 15.2. The van der Waals surface area contributed by atoms with Gasteiger partial charge in [0.25, 0.3) is 0 Å². The van der Waals surface area contributed by atoms with Crippen LogP contribution in [0, 0.1) is 11.8 Å². The molecule has 1 amide bonds. The molecule has 20 heavy (non-hydrogen) atoms. The summed E-state index contributed by atoms with van der Waals surface area (Å²) in [6.07, 6.45) is 5.53. The Balaban J connectivity index is 2.45. The number of sulfonamides is 1. The Morgan fingerprint density at radius 3 is 2.35 bits per heavy atom. The van der Waals surface area contributed by atoms with E-state index in [2.05, 4.69) is 13.8 Å². The second-order valence-electron chi connectivity index (χ2n) is 5.85. The summed E-state index contributed by atoms with van der Waals surface area (Å²) in [6.45, 7) is 5.53. The number of likely N-dealkylation sites (tertiary alicyclic amines) is 1. The number of carbonyl (C=O) groups is 1. The first-order valence-electron chi connectivity index (χ1n) is 7.66. The molecule has 0 bridgehead atoms. The van der Waals surface area contributed by atoms with Crippen molar-refractivity contribution >= 4 is 15.9 Å². The molecule has 0 saturated carbocycles. The van der Waals surface area contributed by atoms with Gasteiger partial charge in [-0.25, -0.2) is 13.6 Å². The molecule has 0 aromatic heterocycles. The van der Waals surface area contributed by atoms with Crippen LogP contribution in [0.5, 0.6) is 0 Å². The van der Waals surface area contributed by atoms with Crippen molar-refractivity contribution < 1.29 is 13.2 Å². The van der Waals surface area contributed by atoms with E-state index >= 15 is 0 Å². The van der Waals surface area contributed by atoms with Crippen LogP contribution in [-0.2, 0) is 14.8 Å². The number of unbranched alkanes of at least 4 members (excludes halogenated alkanes) is 1. The lowest BCUT2D eigenvalue weighted by atomic mass is 9.94. The van der Waals surface area contributed by atoms with Crippen LogP contribution >= 0.6 is 0 Å². The third kappa shape index (κ3) is 5.79. The molecule has 0 spiro atoms. The van der Waals surface area contributed by atoms with Gasteiger partial charge in [-0.3, -0.25) is 4.79 Å². The van der Waals surface area contributed by atoms with Gasteiger partial charge in [0, 0.05) is 19.0 Å². The molecular formula is C14H28N2O3S. The minimum atomic E-state index is -3.40. The SMILES string of the molecule is CCCC[C@@H](CC)C(=O)N1CCC(CS(N)(=O)=O)CC1. The lowest BCUT2D eigenvalue weighted by Crippen LogP contribution is -2.43. The number of nitrogens with two attached hydrogens (primary N) is 1. The van der Waals surface area contributed by atoms with Gasteiger partial charge in [-0.1, -0.05) is 26.7 Å². The van der Waals surface area contributed by atoms with Crippen molar-refractivity contribution in [2.45, 2.75) is 52.4 Å². The normalized spacial score (nSPS) is 19.1. The van der Waals surface area contributed by atoms with Crippen LogP contribution in [0.15, 0.2) is 0 Å². The Morgan fingerprint density at radius 2 is 1.90 bits per heavy atom. The van der Waals surface area contributed by atoms with E-state index in [0.29, 0.717) is 13.1 Å². The molecule has 2 N–H and O–H groups in total. The van der Waals surface area contributed by atoms with Crippen molar-refractivity contribution in [3.8, 4) is 0 Å². The van der Waals surface area contributed by atoms with Gasteiger partial charge in [0.05, 0.1) is 5.75 Å². The summed E-state index contributed by atoms with van der Waals surface area (Å²) in [6, 6.07) is 0. The van der Waals surface area contributed by atoms with E-state index in [0.717, 1.165) is 38.5 Å². The second-order valence-corrected chi connectivity index (χ2v) is 7.50. The molecule has 1 heterocycles. The fraction of sp³-hybridized carbons (Fsp3) is 0.929. The number of piperidine rings is 1. The lowest BCUT2D eigenvalue weighted by molar-refractivity contribution is -0.137. The molecule has 1 aliphatic rings. The number of carbonyl (C=O) groups excluding carboxylic acids is 1. The molecule has 1 saturated heterocycles. The Labute approximate surface area is 122 Å². The average Bonchev–Trinajstić information content (AvgIpc) is 2.38. The van der Waals surface area contributed by atoms with Crippen LogP contribution in [0.2, 0.25) is 0 Å². The van der Waals surface area contributed by atoms with E-state index in [4.69, 9.17) is 5.14 Å². The minimum Gasteiger partial charge on any atom is -0.342 e. The summed E-state index contributed by atoms with van der Waals surface area (Å²) in [5, 5.41) is 5.08. The molecule has 0 unspecified atom stereocenters. The Morgan fingerprint density at radius 1 is 1.30 bits per heavy atom. The van der Waals surface area contributed by atoms with E-state index in [9.17, 15) is 13.2 Å². The van der Waals surface area contributed by atoms with Crippen LogP contribution in [0.1, 0.15) is 52.4 Å². The van der Waals surface area contributed by atoms with Gasteiger partial charge in [0.1, 0.15) is 0 Å². The van der Waals surface area contributed by atoms with Crippen molar-refractivity contribution in [3.63, 3.8) is 0 Å². The molecule has 1 aliphatic heterocycles. The van der Waals surface area contributed by atoms with Crippen molar-refractivity contribution in [2.75, 3.05) is 18.8 Å². The Hall–Kier alpha value is -0.620. The highest BCUT2D eigenvalue weighted by Crippen LogP contribution is 2.22. The first-order valence-corrected chi connectivity index (χ1v) is 9.38. The van der Waals surface area contributed by atoms with E-state index < -0.39 is 10.0 Å². The summed E-state index contributed by atoms with van der Waals surface area (Å²) in [7, 11) is -3.40. The number of rotatable bonds is 7. The van der Waals surface area contributed by atoms with Gasteiger partial charge >= 0.3 is 0 Å². The van der Waals surface area contributed by atoms with E-state index in [1.807, 2.05) is 4.90 Å². The van der Waals surface area contributed by atoms with Gasteiger partial charge in [0.2, 0.25) is 15.9 Å². The highest BCUT2D eigenvalue weighted by molar-refractivity contribution is 7.89. The molecular weight excluding hydrogens is 276 g/mol. The Kier molecular flexibility index (Phi) is 6.95. The smallest absolute Gasteiger partial charge is 0.225 e. The standard InChI is InChI=1S/C14H28N2O3S/c1-3-5-6-13(4-2)14(17)16-9-7-12(8-10-16)11-20(15,18)19/h12-13H,3-11H2,1-2H3,(H2,15,18,19)/t13-/m1/s1. The topological polar surface area (TPSA) is 80.5 Å². The summed E-state index contributed by atoms with van der Waals surface area (Å²) < 4.78 is 22.2. The summed E-state index contributed by atoms with van der Waals surface area (Å²) in [4.78, 5) is 14.3. The van der Waals surface area contributed by atoms with E-state index in [1.54, 1.807) is 0 Å². The van der Waals surface area contributed by atoms with Gasteiger partial charge in [-0.05, 0) is 31.6 Å². The highest BCUT2D eigenvalue weighted by Gasteiger charge is 2.28. The van der Waals surface area contributed by atoms with Gasteiger partial charge in [0.15, 0.2) is 0 Å². The fourth-order valence-corrected chi connectivity index (χ4v) is 3.85. The second kappa shape index (κ2) is 7.98. The largest absolute Gasteiger partial charge is 0.342 e. The zero-order valence-corrected chi connectivity index (χ0v) is 13.5. The zero-order valence-electron chi connectivity index (χ0n) is 12.7. The predicted octanol–water partition coefficient (Wildman–Crippen LogP) is 1.73.